The molecule has 4 rings (SSSR count). The summed E-state index contributed by atoms with van der Waals surface area (Å²) in [7, 11) is 0. The molecule has 1 N–H and O–H groups in total. The molecule has 2 aromatic carbocycles. The molecule has 0 bridgehead atoms. The first-order chi connectivity index (χ1) is 16.8. The molecule has 0 saturated heterocycles. The molecule has 0 radical (unpaired) electrons. The van der Waals surface area contributed by atoms with Crippen molar-refractivity contribution in [2.45, 2.75) is 32.4 Å². The smallest absolute Gasteiger partial charge is 0.277 e. The van der Waals surface area contributed by atoms with Gasteiger partial charge in [-0.1, -0.05) is 61.5 Å². The Morgan fingerprint density at radius 2 is 1.83 bits per heavy atom. The summed E-state index contributed by atoms with van der Waals surface area (Å²) in [4.78, 5) is 13.6. The van der Waals surface area contributed by atoms with Crippen LogP contribution in [0.25, 0.3) is 22.6 Å². The molecule has 0 aliphatic carbocycles. The maximum atomic E-state index is 12.6. The highest BCUT2D eigenvalue weighted by molar-refractivity contribution is 7.99. The van der Waals surface area contributed by atoms with Crippen molar-refractivity contribution in [1.82, 2.24) is 10.2 Å². The third-order valence-corrected chi connectivity index (χ3v) is 7.25. The van der Waals surface area contributed by atoms with Gasteiger partial charge in [0.15, 0.2) is 0 Å². The maximum absolute atomic E-state index is 12.6. The summed E-state index contributed by atoms with van der Waals surface area (Å²) < 4.78 is 5.64. The number of nitrogens with one attached hydrogen (secondary N) is 1. The van der Waals surface area contributed by atoms with Gasteiger partial charge in [0.1, 0.15) is 11.1 Å². The number of amides is 1. The van der Waals surface area contributed by atoms with Crippen LogP contribution < -0.4 is 5.32 Å². The predicted molar refractivity (Wildman–Crippen MR) is 142 cm³/mol. The lowest BCUT2D eigenvalue weighted by atomic mass is 9.97. The van der Waals surface area contributed by atoms with Crippen molar-refractivity contribution in [2.75, 3.05) is 11.1 Å². The summed E-state index contributed by atoms with van der Waals surface area (Å²) in [6.07, 6.45) is 1.01. The fourth-order valence-corrected chi connectivity index (χ4v) is 5.37. The van der Waals surface area contributed by atoms with Crippen molar-refractivity contribution >= 4 is 45.6 Å². The fourth-order valence-electron chi connectivity index (χ4n) is 3.63. The van der Waals surface area contributed by atoms with E-state index in [1.54, 1.807) is 24.3 Å². The lowest BCUT2D eigenvalue weighted by Crippen LogP contribution is -2.13. The molecule has 2 heterocycles. The minimum absolute atomic E-state index is 0.0727. The van der Waals surface area contributed by atoms with Crippen LogP contribution in [-0.2, 0) is 11.2 Å². The van der Waals surface area contributed by atoms with Gasteiger partial charge in [0.2, 0.25) is 11.8 Å². The third kappa shape index (κ3) is 6.12. The molecule has 0 aliphatic heterocycles. The first kappa shape index (κ1) is 25.0. The zero-order chi connectivity index (χ0) is 24.9. The number of anilines is 1. The number of nitrogens with zero attached hydrogens (tertiary/aromatic N) is 3. The number of aromatic nitrogens is 2. The van der Waals surface area contributed by atoms with E-state index in [0.29, 0.717) is 27.4 Å². The van der Waals surface area contributed by atoms with Crippen LogP contribution in [0.1, 0.15) is 29.9 Å². The summed E-state index contributed by atoms with van der Waals surface area (Å²) in [5.74, 6) is 0.755. The van der Waals surface area contributed by atoms with Crippen LogP contribution in [0.3, 0.4) is 0 Å². The zero-order valence-corrected chi connectivity index (χ0v) is 21.9. The van der Waals surface area contributed by atoms with Crippen molar-refractivity contribution in [3.05, 3.63) is 69.6 Å². The molecule has 35 heavy (non-hydrogen) atoms. The largest absolute Gasteiger partial charge is 0.411 e. The van der Waals surface area contributed by atoms with Gasteiger partial charge in [0, 0.05) is 21.0 Å². The monoisotopic (exact) mass is 522 g/mol. The molecule has 0 fully saturated rings. The van der Waals surface area contributed by atoms with E-state index in [9.17, 15) is 10.1 Å². The van der Waals surface area contributed by atoms with Crippen molar-refractivity contribution in [3.63, 3.8) is 0 Å². The van der Waals surface area contributed by atoms with Gasteiger partial charge in [-0.05, 0) is 54.7 Å². The normalized spacial score (nSPS) is 11.0. The van der Waals surface area contributed by atoms with Gasteiger partial charge in [0.05, 0.1) is 11.3 Å². The molecule has 1 amide bonds. The zero-order valence-electron chi connectivity index (χ0n) is 19.5. The average molecular weight is 523 g/mol. The Labute approximate surface area is 217 Å². The molecule has 0 aliphatic rings. The third-order valence-electron chi connectivity index (χ3n) is 5.16. The number of nitriles is 1. The number of hydrogen-bond acceptors (Lipinski definition) is 7. The van der Waals surface area contributed by atoms with Crippen LogP contribution in [0.4, 0.5) is 5.00 Å². The minimum atomic E-state index is -0.252. The number of halogens is 1. The number of carbonyl (C=O) groups excluding carboxylic acids is 1. The van der Waals surface area contributed by atoms with Crippen LogP contribution in [0.15, 0.2) is 58.2 Å². The Bertz CT molecular complexity index is 1370. The van der Waals surface area contributed by atoms with Gasteiger partial charge in [-0.15, -0.1) is 21.5 Å². The Balaban J connectivity index is 1.43. The van der Waals surface area contributed by atoms with Gasteiger partial charge in [-0.25, -0.2) is 0 Å². The summed E-state index contributed by atoms with van der Waals surface area (Å²) in [6, 6.07) is 17.6. The van der Waals surface area contributed by atoms with Crippen LogP contribution in [0.2, 0.25) is 5.02 Å². The van der Waals surface area contributed by atoms with Crippen LogP contribution in [0.5, 0.6) is 0 Å². The predicted octanol–water partition coefficient (Wildman–Crippen LogP) is 7.23. The standard InChI is InChI=1S/C26H23ClN4O2S2/c1-15(2)12-17-4-6-18(7-5-17)23-16(3)35-25(21(23)13-28)29-22(32)14-34-26-31-30-24(33-26)19-8-10-20(27)11-9-19/h4-11,15H,12,14H2,1-3H3,(H,29,32). The van der Waals surface area contributed by atoms with Crippen molar-refractivity contribution < 1.29 is 9.21 Å². The average Bonchev–Trinajstić information content (AvgIpc) is 3.42. The van der Waals surface area contributed by atoms with Gasteiger partial charge >= 0.3 is 0 Å². The first-order valence-corrected chi connectivity index (χ1v) is 13.2. The Kier molecular flexibility index (Phi) is 7.91. The number of carbonyl (C=O) groups is 1. The van der Waals surface area contributed by atoms with E-state index in [1.807, 2.05) is 19.1 Å². The quantitative estimate of drug-likeness (QED) is 0.245. The second kappa shape index (κ2) is 11.1. The Morgan fingerprint density at radius 3 is 2.49 bits per heavy atom. The molecule has 9 heteroatoms. The number of thiophene rings is 1. The summed E-state index contributed by atoms with van der Waals surface area (Å²) in [6.45, 7) is 6.34. The van der Waals surface area contributed by atoms with Crippen molar-refractivity contribution in [2.24, 2.45) is 5.92 Å². The highest BCUT2D eigenvalue weighted by atomic mass is 35.5. The number of hydrogen-bond donors (Lipinski definition) is 1. The Morgan fingerprint density at radius 1 is 1.14 bits per heavy atom. The Hall–Kier alpha value is -3.12. The molecule has 0 spiro atoms. The van der Waals surface area contributed by atoms with Crippen LogP contribution in [-0.4, -0.2) is 21.9 Å². The molecular weight excluding hydrogens is 500 g/mol. The van der Waals surface area contributed by atoms with E-state index in [1.165, 1.54) is 16.9 Å². The van der Waals surface area contributed by atoms with Crippen LogP contribution >= 0.6 is 34.7 Å². The SMILES string of the molecule is Cc1sc(NC(=O)CSc2nnc(-c3ccc(Cl)cc3)o2)c(C#N)c1-c1ccc(CC(C)C)cc1. The second-order valence-corrected chi connectivity index (χ2v) is 10.9. The molecule has 2 aromatic heterocycles. The summed E-state index contributed by atoms with van der Waals surface area (Å²) in [5.41, 5.74) is 4.32. The number of benzene rings is 2. The number of aryl methyl sites for hydroxylation is 1. The molecule has 0 saturated carbocycles. The topological polar surface area (TPSA) is 91.8 Å². The maximum Gasteiger partial charge on any atom is 0.277 e. The number of thioether (sulfide) groups is 1. The van der Waals surface area contributed by atoms with Gasteiger partial charge < -0.3 is 9.73 Å². The van der Waals surface area contributed by atoms with Crippen molar-refractivity contribution in [1.29, 1.82) is 5.26 Å². The van der Waals surface area contributed by atoms with Crippen molar-refractivity contribution in [3.8, 4) is 28.7 Å². The lowest BCUT2D eigenvalue weighted by Gasteiger charge is -2.07. The number of rotatable bonds is 8. The second-order valence-electron chi connectivity index (χ2n) is 8.36. The minimum Gasteiger partial charge on any atom is -0.411 e. The first-order valence-electron chi connectivity index (χ1n) is 11.0. The highest BCUT2D eigenvalue weighted by Crippen LogP contribution is 2.39. The summed E-state index contributed by atoms with van der Waals surface area (Å²) in [5, 5.41) is 22.2. The van der Waals surface area contributed by atoms with Gasteiger partial charge in [0.25, 0.3) is 5.22 Å². The molecule has 4 aromatic rings. The van der Waals surface area contributed by atoms with Gasteiger partial charge in [-0.3, -0.25) is 4.79 Å². The van der Waals surface area contributed by atoms with Gasteiger partial charge in [-0.2, -0.15) is 5.26 Å². The van der Waals surface area contributed by atoms with Crippen LogP contribution in [0, 0.1) is 24.2 Å². The molecule has 0 atom stereocenters. The highest BCUT2D eigenvalue weighted by Gasteiger charge is 2.20. The van der Waals surface area contributed by atoms with E-state index in [2.05, 4.69) is 47.6 Å². The lowest BCUT2D eigenvalue weighted by molar-refractivity contribution is -0.113. The van der Waals surface area contributed by atoms with E-state index in [-0.39, 0.29) is 16.9 Å². The molecule has 6 nitrogen and oxygen atoms in total. The molecular formula is C26H23ClN4O2S2. The van der Waals surface area contributed by atoms with E-state index < -0.39 is 0 Å². The molecule has 0 unspecified atom stereocenters. The molecule has 178 valence electrons. The van der Waals surface area contributed by atoms with E-state index >= 15 is 0 Å². The van der Waals surface area contributed by atoms with E-state index in [0.717, 1.165) is 39.8 Å². The fraction of sp³-hybridized carbons (Fsp3) is 0.231. The van der Waals surface area contributed by atoms with E-state index in [4.69, 9.17) is 16.0 Å². The summed E-state index contributed by atoms with van der Waals surface area (Å²) >= 11 is 8.45.